The van der Waals surface area contributed by atoms with Gasteiger partial charge in [-0.25, -0.2) is 4.98 Å². The van der Waals surface area contributed by atoms with Crippen LogP contribution in [-0.2, 0) is 0 Å². The normalized spacial score (nSPS) is 15.1. The highest BCUT2D eigenvalue weighted by Gasteiger charge is 2.22. The Morgan fingerprint density at radius 2 is 2.08 bits per heavy atom. The summed E-state index contributed by atoms with van der Waals surface area (Å²) in [7, 11) is 5.57. The summed E-state index contributed by atoms with van der Waals surface area (Å²) in [5.74, 6) is 2.22. The third-order valence-corrected chi connectivity index (χ3v) is 4.83. The molecule has 0 spiro atoms. The lowest BCUT2D eigenvalue weighted by molar-refractivity contribution is 0.342. The fraction of sp³-hybridized carbons (Fsp3) is 0.688. The van der Waals surface area contributed by atoms with Gasteiger partial charge in [0.1, 0.15) is 0 Å². The molecule has 0 atom stereocenters. The van der Waals surface area contributed by atoms with Crippen LogP contribution in [0.25, 0.3) is 0 Å². The first-order valence-electron chi connectivity index (χ1n) is 8.54. The van der Waals surface area contributed by atoms with Crippen molar-refractivity contribution in [3.05, 3.63) is 10.7 Å². The Morgan fingerprint density at radius 3 is 2.65 bits per heavy atom. The maximum atomic E-state index is 5.26. The summed E-state index contributed by atoms with van der Waals surface area (Å²) in [4.78, 5) is 20.0. The summed E-state index contributed by atoms with van der Waals surface area (Å²) in [5, 5.41) is 3.44. The number of anilines is 1. The van der Waals surface area contributed by atoms with Gasteiger partial charge in [-0.2, -0.15) is 4.98 Å². The second-order valence-electron chi connectivity index (χ2n) is 5.87. The first-order chi connectivity index (χ1) is 12.1. The van der Waals surface area contributed by atoms with Crippen LogP contribution < -0.4 is 15.0 Å². The van der Waals surface area contributed by atoms with Crippen LogP contribution in [0.1, 0.15) is 6.92 Å². The standard InChI is InChI=1S/C16H28BrN7O.HI/c1-5-22(3)7-6-19-15(18-2)23-8-10-24(11-9-23)16-20-12-13(17)14(21-16)25-4;/h12H,5-11H2,1-4H3,(H,18,19);1H. The van der Waals surface area contributed by atoms with E-state index in [9.17, 15) is 0 Å². The lowest BCUT2D eigenvalue weighted by Crippen LogP contribution is -2.53. The van der Waals surface area contributed by atoms with Crippen LogP contribution in [0.2, 0.25) is 0 Å². The van der Waals surface area contributed by atoms with Crippen LogP contribution in [0.3, 0.4) is 0 Å². The first-order valence-corrected chi connectivity index (χ1v) is 9.34. The molecule has 2 rings (SSSR count). The number of aliphatic imine (C=N–C) groups is 1. The van der Waals surface area contributed by atoms with E-state index in [4.69, 9.17) is 4.74 Å². The summed E-state index contributed by atoms with van der Waals surface area (Å²) in [6, 6.07) is 0. The number of nitrogens with one attached hydrogen (secondary N) is 1. The number of hydrogen-bond acceptors (Lipinski definition) is 6. The summed E-state index contributed by atoms with van der Waals surface area (Å²) in [6.45, 7) is 8.56. The zero-order valence-electron chi connectivity index (χ0n) is 15.9. The van der Waals surface area contributed by atoms with E-state index in [2.05, 4.69) is 64.9 Å². The fourth-order valence-electron chi connectivity index (χ4n) is 2.61. The molecule has 2 heterocycles. The minimum Gasteiger partial charge on any atom is -0.480 e. The minimum absolute atomic E-state index is 0. The predicted molar refractivity (Wildman–Crippen MR) is 120 cm³/mol. The van der Waals surface area contributed by atoms with Gasteiger partial charge in [-0.15, -0.1) is 24.0 Å². The Kier molecular flexibility index (Phi) is 10.5. The number of hydrogen-bond donors (Lipinski definition) is 1. The van der Waals surface area contributed by atoms with E-state index in [1.165, 1.54) is 0 Å². The lowest BCUT2D eigenvalue weighted by Gasteiger charge is -2.36. The summed E-state index contributed by atoms with van der Waals surface area (Å²) in [5.41, 5.74) is 0. The van der Waals surface area contributed by atoms with Crippen LogP contribution >= 0.6 is 39.9 Å². The molecular formula is C16H29BrIN7O. The van der Waals surface area contributed by atoms with E-state index in [0.717, 1.165) is 56.2 Å². The molecular weight excluding hydrogens is 513 g/mol. The van der Waals surface area contributed by atoms with E-state index < -0.39 is 0 Å². The molecule has 0 aromatic carbocycles. The first kappa shape index (κ1) is 23.2. The third kappa shape index (κ3) is 6.38. The Balaban J connectivity index is 0.00000338. The fourth-order valence-corrected chi connectivity index (χ4v) is 2.96. The largest absolute Gasteiger partial charge is 0.480 e. The Labute approximate surface area is 181 Å². The van der Waals surface area contributed by atoms with Crippen molar-refractivity contribution in [2.75, 3.05) is 71.9 Å². The number of likely N-dealkylation sites (N-methyl/N-ethyl adjacent to an activating group) is 1. The number of halogens is 2. The molecule has 0 unspecified atom stereocenters. The molecule has 0 bridgehead atoms. The minimum atomic E-state index is 0. The van der Waals surface area contributed by atoms with Gasteiger partial charge >= 0.3 is 0 Å². The molecule has 0 saturated carbocycles. The lowest BCUT2D eigenvalue weighted by atomic mass is 10.3. The van der Waals surface area contributed by atoms with Crippen molar-refractivity contribution in [2.24, 2.45) is 4.99 Å². The quantitative estimate of drug-likeness (QED) is 0.332. The van der Waals surface area contributed by atoms with Gasteiger partial charge in [-0.3, -0.25) is 4.99 Å². The van der Waals surface area contributed by atoms with E-state index in [-0.39, 0.29) is 24.0 Å². The monoisotopic (exact) mass is 541 g/mol. The third-order valence-electron chi connectivity index (χ3n) is 4.28. The van der Waals surface area contributed by atoms with Gasteiger partial charge in [0, 0.05) is 46.3 Å². The van der Waals surface area contributed by atoms with Gasteiger partial charge < -0.3 is 24.8 Å². The zero-order chi connectivity index (χ0) is 18.2. The second kappa shape index (κ2) is 11.8. The van der Waals surface area contributed by atoms with Gasteiger partial charge in [0.2, 0.25) is 11.8 Å². The zero-order valence-corrected chi connectivity index (χ0v) is 19.8. The number of ether oxygens (including phenoxy) is 1. The molecule has 0 radical (unpaired) electrons. The average molecular weight is 542 g/mol. The molecule has 1 aromatic rings. The van der Waals surface area contributed by atoms with Crippen molar-refractivity contribution < 1.29 is 4.74 Å². The van der Waals surface area contributed by atoms with Crippen LogP contribution in [0, 0.1) is 0 Å². The van der Waals surface area contributed by atoms with Crippen molar-refractivity contribution in [2.45, 2.75) is 6.92 Å². The van der Waals surface area contributed by atoms with E-state index in [1.807, 2.05) is 7.05 Å². The van der Waals surface area contributed by atoms with E-state index in [1.54, 1.807) is 13.3 Å². The van der Waals surface area contributed by atoms with Crippen LogP contribution in [-0.4, -0.2) is 92.7 Å². The Hall–Kier alpha value is -0.880. The average Bonchev–Trinajstić information content (AvgIpc) is 2.65. The highest BCUT2D eigenvalue weighted by molar-refractivity contribution is 14.0. The number of piperazine rings is 1. The molecule has 0 aliphatic carbocycles. The highest BCUT2D eigenvalue weighted by atomic mass is 127. The van der Waals surface area contributed by atoms with Crippen molar-refractivity contribution in [3.8, 4) is 5.88 Å². The smallest absolute Gasteiger partial charge is 0.232 e. The van der Waals surface area contributed by atoms with Gasteiger partial charge in [0.15, 0.2) is 5.96 Å². The molecule has 26 heavy (non-hydrogen) atoms. The predicted octanol–water partition coefficient (Wildman–Crippen LogP) is 1.51. The number of aromatic nitrogens is 2. The van der Waals surface area contributed by atoms with Crippen LogP contribution in [0.4, 0.5) is 5.95 Å². The van der Waals surface area contributed by atoms with Crippen LogP contribution in [0.15, 0.2) is 15.7 Å². The van der Waals surface area contributed by atoms with Gasteiger partial charge in [0.05, 0.1) is 17.8 Å². The number of nitrogens with zero attached hydrogens (tertiary/aromatic N) is 6. The highest BCUT2D eigenvalue weighted by Crippen LogP contribution is 2.23. The van der Waals surface area contributed by atoms with Crippen molar-refractivity contribution in [1.82, 2.24) is 25.1 Å². The molecule has 1 saturated heterocycles. The molecule has 1 aromatic heterocycles. The van der Waals surface area contributed by atoms with Crippen molar-refractivity contribution >= 4 is 51.8 Å². The van der Waals surface area contributed by atoms with Crippen LogP contribution in [0.5, 0.6) is 5.88 Å². The van der Waals surface area contributed by atoms with Crippen molar-refractivity contribution in [3.63, 3.8) is 0 Å². The van der Waals surface area contributed by atoms with Gasteiger partial charge in [-0.05, 0) is 29.5 Å². The van der Waals surface area contributed by atoms with Crippen molar-refractivity contribution in [1.29, 1.82) is 0 Å². The molecule has 10 heteroatoms. The maximum Gasteiger partial charge on any atom is 0.232 e. The molecule has 1 aliphatic rings. The molecule has 8 nitrogen and oxygen atoms in total. The molecule has 148 valence electrons. The number of rotatable bonds is 6. The topological polar surface area (TPSA) is 69.1 Å². The molecule has 0 amide bonds. The Bertz CT molecular complexity index is 582. The summed E-state index contributed by atoms with van der Waals surface area (Å²) in [6.07, 6.45) is 1.73. The summed E-state index contributed by atoms with van der Waals surface area (Å²) >= 11 is 3.39. The maximum absolute atomic E-state index is 5.26. The molecule has 1 N–H and O–H groups in total. The van der Waals surface area contributed by atoms with E-state index >= 15 is 0 Å². The molecule has 1 aliphatic heterocycles. The SMILES string of the molecule is CCN(C)CCNC(=NC)N1CCN(c2ncc(Br)c(OC)n2)CC1.I. The van der Waals surface area contributed by atoms with Gasteiger partial charge in [0.25, 0.3) is 0 Å². The summed E-state index contributed by atoms with van der Waals surface area (Å²) < 4.78 is 6.02. The Morgan fingerprint density at radius 1 is 1.38 bits per heavy atom. The second-order valence-corrected chi connectivity index (χ2v) is 6.73. The van der Waals surface area contributed by atoms with E-state index in [0.29, 0.717) is 11.8 Å². The van der Waals surface area contributed by atoms with Gasteiger partial charge in [-0.1, -0.05) is 6.92 Å². The number of guanidine groups is 1. The molecule has 1 fully saturated rings. The number of methoxy groups -OCH3 is 1.